The molecule has 0 aliphatic rings. The van der Waals surface area contributed by atoms with E-state index in [1.807, 2.05) is 54.6 Å². The maximum Gasteiger partial charge on any atom is 0.254 e. The number of aromatic nitrogens is 2. The highest BCUT2D eigenvalue weighted by atomic mass is 35.5. The minimum absolute atomic E-state index is 0.184. The number of carbonyl (C=O) groups excluding carboxylic acids is 1. The van der Waals surface area contributed by atoms with Crippen LogP contribution < -0.4 is 5.32 Å². The van der Waals surface area contributed by atoms with Crippen LogP contribution in [-0.4, -0.2) is 22.4 Å². The molecule has 0 aliphatic heterocycles. The van der Waals surface area contributed by atoms with Crippen molar-refractivity contribution in [3.8, 4) is 11.4 Å². The first-order valence-corrected chi connectivity index (χ1v) is 8.00. The van der Waals surface area contributed by atoms with Gasteiger partial charge in [0.1, 0.15) is 0 Å². The Morgan fingerprint density at radius 2 is 1.75 bits per heavy atom. The van der Waals surface area contributed by atoms with E-state index in [0.717, 1.165) is 17.5 Å². The first-order chi connectivity index (χ1) is 11.7. The quantitative estimate of drug-likeness (QED) is 0.771. The van der Waals surface area contributed by atoms with Crippen LogP contribution in [0.5, 0.6) is 0 Å². The lowest BCUT2D eigenvalue weighted by atomic mass is 10.1. The zero-order valence-electron chi connectivity index (χ0n) is 12.9. The predicted octanol–water partition coefficient (Wildman–Crippen LogP) is 3.77. The second-order valence-corrected chi connectivity index (χ2v) is 5.73. The van der Waals surface area contributed by atoms with Crippen molar-refractivity contribution in [1.82, 2.24) is 15.3 Å². The molecule has 0 atom stereocenters. The number of carbonyl (C=O) groups is 1. The van der Waals surface area contributed by atoms with Crippen molar-refractivity contribution in [2.45, 2.75) is 6.42 Å². The summed E-state index contributed by atoms with van der Waals surface area (Å²) in [6, 6.07) is 17.3. The van der Waals surface area contributed by atoms with Gasteiger partial charge in [0.15, 0.2) is 5.82 Å². The molecule has 0 unspecified atom stereocenters. The molecule has 1 aromatic heterocycles. The van der Waals surface area contributed by atoms with Gasteiger partial charge in [0.05, 0.1) is 5.56 Å². The highest BCUT2D eigenvalue weighted by Gasteiger charge is 2.07. The number of halogens is 1. The molecular formula is C19H16ClN3O. The summed E-state index contributed by atoms with van der Waals surface area (Å²) in [6.07, 6.45) is 3.81. The third-order valence-electron chi connectivity index (χ3n) is 3.53. The molecule has 0 bridgehead atoms. The van der Waals surface area contributed by atoms with E-state index in [0.29, 0.717) is 23.0 Å². The molecule has 2 aromatic carbocycles. The first-order valence-electron chi connectivity index (χ1n) is 7.62. The number of benzene rings is 2. The van der Waals surface area contributed by atoms with Gasteiger partial charge in [0.2, 0.25) is 0 Å². The van der Waals surface area contributed by atoms with E-state index in [2.05, 4.69) is 15.3 Å². The molecule has 3 rings (SSSR count). The first kappa shape index (κ1) is 16.1. The number of amides is 1. The molecule has 24 heavy (non-hydrogen) atoms. The lowest BCUT2D eigenvalue weighted by Crippen LogP contribution is -2.26. The van der Waals surface area contributed by atoms with Crippen LogP contribution >= 0.6 is 11.6 Å². The van der Waals surface area contributed by atoms with Crippen LogP contribution in [0.3, 0.4) is 0 Å². The molecule has 1 N–H and O–H groups in total. The van der Waals surface area contributed by atoms with Gasteiger partial charge < -0.3 is 5.32 Å². The summed E-state index contributed by atoms with van der Waals surface area (Å²) < 4.78 is 0. The van der Waals surface area contributed by atoms with Crippen molar-refractivity contribution >= 4 is 17.5 Å². The molecule has 0 fully saturated rings. The van der Waals surface area contributed by atoms with Gasteiger partial charge in [-0.15, -0.1) is 0 Å². The van der Waals surface area contributed by atoms with Crippen LogP contribution in [-0.2, 0) is 6.42 Å². The Kier molecular flexibility index (Phi) is 5.18. The van der Waals surface area contributed by atoms with Gasteiger partial charge in [-0.1, -0.05) is 54.1 Å². The predicted molar refractivity (Wildman–Crippen MR) is 95.0 cm³/mol. The number of hydrogen-bond acceptors (Lipinski definition) is 3. The van der Waals surface area contributed by atoms with Crippen molar-refractivity contribution in [3.05, 3.63) is 83.1 Å². The topological polar surface area (TPSA) is 54.9 Å². The number of hydrogen-bond donors (Lipinski definition) is 1. The van der Waals surface area contributed by atoms with Crippen molar-refractivity contribution in [2.24, 2.45) is 0 Å². The Morgan fingerprint density at radius 1 is 1.00 bits per heavy atom. The average Bonchev–Trinajstić information content (AvgIpc) is 2.63. The van der Waals surface area contributed by atoms with E-state index >= 15 is 0 Å². The zero-order chi connectivity index (χ0) is 16.8. The Bertz CT molecular complexity index is 820. The summed E-state index contributed by atoms with van der Waals surface area (Å²) in [5.41, 5.74) is 2.45. The van der Waals surface area contributed by atoms with Gasteiger partial charge in [0, 0.05) is 29.5 Å². The fourth-order valence-corrected chi connectivity index (χ4v) is 2.51. The van der Waals surface area contributed by atoms with Crippen LogP contribution in [0.25, 0.3) is 11.4 Å². The fourth-order valence-electron chi connectivity index (χ4n) is 2.30. The third-order valence-corrected chi connectivity index (χ3v) is 3.77. The lowest BCUT2D eigenvalue weighted by Gasteiger charge is -2.06. The van der Waals surface area contributed by atoms with Crippen LogP contribution in [0.2, 0.25) is 5.02 Å². The van der Waals surface area contributed by atoms with Crippen molar-refractivity contribution in [1.29, 1.82) is 0 Å². The summed E-state index contributed by atoms with van der Waals surface area (Å²) in [5.74, 6) is 0.419. The Balaban J connectivity index is 1.57. The second-order valence-electron chi connectivity index (χ2n) is 5.30. The maximum atomic E-state index is 12.1. The summed E-state index contributed by atoms with van der Waals surface area (Å²) in [5, 5.41) is 3.56. The van der Waals surface area contributed by atoms with Crippen LogP contribution in [0.1, 0.15) is 15.9 Å². The van der Waals surface area contributed by atoms with Crippen molar-refractivity contribution in [3.63, 3.8) is 0 Å². The highest BCUT2D eigenvalue weighted by molar-refractivity contribution is 6.30. The lowest BCUT2D eigenvalue weighted by molar-refractivity contribution is 0.0953. The van der Waals surface area contributed by atoms with Crippen molar-refractivity contribution in [2.75, 3.05) is 6.54 Å². The molecule has 3 aromatic rings. The van der Waals surface area contributed by atoms with Gasteiger partial charge in [-0.25, -0.2) is 9.97 Å². The maximum absolute atomic E-state index is 12.1. The van der Waals surface area contributed by atoms with E-state index in [4.69, 9.17) is 11.6 Å². The normalized spacial score (nSPS) is 10.4. The van der Waals surface area contributed by atoms with Gasteiger partial charge in [-0.2, -0.15) is 0 Å². The largest absolute Gasteiger partial charge is 0.352 e. The smallest absolute Gasteiger partial charge is 0.254 e. The fraction of sp³-hybridized carbons (Fsp3) is 0.105. The minimum atomic E-state index is -0.184. The number of nitrogens with one attached hydrogen (secondary N) is 1. The molecule has 4 nitrogen and oxygen atoms in total. The third kappa shape index (κ3) is 4.18. The summed E-state index contributed by atoms with van der Waals surface area (Å²) in [7, 11) is 0. The molecular weight excluding hydrogens is 322 g/mol. The Labute approximate surface area is 145 Å². The van der Waals surface area contributed by atoms with E-state index in [-0.39, 0.29) is 5.91 Å². The molecule has 120 valence electrons. The highest BCUT2D eigenvalue weighted by Crippen LogP contribution is 2.13. The van der Waals surface area contributed by atoms with Gasteiger partial charge >= 0.3 is 0 Å². The van der Waals surface area contributed by atoms with E-state index in [9.17, 15) is 4.79 Å². The van der Waals surface area contributed by atoms with E-state index in [1.54, 1.807) is 12.4 Å². The average molecular weight is 338 g/mol. The SMILES string of the molecule is O=C(NCCc1cccc(Cl)c1)c1cnc(-c2ccccc2)nc1. The molecule has 0 spiro atoms. The molecule has 0 radical (unpaired) electrons. The van der Waals surface area contributed by atoms with Crippen LogP contribution in [0.15, 0.2) is 67.0 Å². The molecule has 0 saturated heterocycles. The van der Waals surface area contributed by atoms with Gasteiger partial charge in [-0.05, 0) is 24.1 Å². The number of nitrogens with zero attached hydrogens (tertiary/aromatic N) is 2. The molecule has 1 amide bonds. The number of rotatable bonds is 5. The van der Waals surface area contributed by atoms with E-state index in [1.165, 1.54) is 0 Å². The zero-order valence-corrected chi connectivity index (χ0v) is 13.7. The molecule has 0 saturated carbocycles. The summed E-state index contributed by atoms with van der Waals surface area (Å²) in [4.78, 5) is 20.6. The van der Waals surface area contributed by atoms with Crippen LogP contribution in [0, 0.1) is 0 Å². The van der Waals surface area contributed by atoms with Gasteiger partial charge in [0.25, 0.3) is 5.91 Å². The Morgan fingerprint density at radius 3 is 2.46 bits per heavy atom. The Hall–Kier alpha value is -2.72. The summed E-state index contributed by atoms with van der Waals surface area (Å²) >= 11 is 5.94. The second kappa shape index (κ2) is 7.70. The van der Waals surface area contributed by atoms with Crippen LogP contribution in [0.4, 0.5) is 0 Å². The van der Waals surface area contributed by atoms with E-state index < -0.39 is 0 Å². The monoisotopic (exact) mass is 337 g/mol. The molecule has 0 aliphatic carbocycles. The minimum Gasteiger partial charge on any atom is -0.352 e. The van der Waals surface area contributed by atoms with Crippen molar-refractivity contribution < 1.29 is 4.79 Å². The molecule has 5 heteroatoms. The molecule has 1 heterocycles. The summed E-state index contributed by atoms with van der Waals surface area (Å²) in [6.45, 7) is 0.527. The van der Waals surface area contributed by atoms with Gasteiger partial charge in [-0.3, -0.25) is 4.79 Å². The standard InChI is InChI=1S/C19H16ClN3O/c20-17-8-4-5-14(11-17)9-10-21-19(24)16-12-22-18(23-13-16)15-6-2-1-3-7-15/h1-8,11-13H,9-10H2,(H,21,24).